The molecule has 0 unspecified atom stereocenters. The normalized spacial score (nSPS) is 13.6. The van der Waals surface area contributed by atoms with Crippen LogP contribution in [0.4, 0.5) is 11.8 Å². The molecule has 0 aliphatic heterocycles. The van der Waals surface area contributed by atoms with Crippen molar-refractivity contribution in [3.05, 3.63) is 83.9 Å². The molecule has 0 saturated heterocycles. The van der Waals surface area contributed by atoms with Crippen LogP contribution in [-0.2, 0) is 6.54 Å². The molecule has 0 bridgehead atoms. The fourth-order valence-corrected chi connectivity index (χ4v) is 5.64. The summed E-state index contributed by atoms with van der Waals surface area (Å²) in [4.78, 5) is 24.2. The molecule has 1 heterocycles. The summed E-state index contributed by atoms with van der Waals surface area (Å²) in [5, 5.41) is 11.1. The smallest absolute Gasteiger partial charge is 0.252 e. The molecule has 3 N–H and O–H groups in total. The number of carbonyl (C=O) groups is 1. The van der Waals surface area contributed by atoms with Gasteiger partial charge in [0.1, 0.15) is 5.82 Å². The number of nitrogens with zero attached hydrogens (tertiary/aromatic N) is 2. The van der Waals surface area contributed by atoms with Gasteiger partial charge in [0.25, 0.3) is 5.91 Å². The minimum atomic E-state index is -0.0527. The first-order valence-corrected chi connectivity index (χ1v) is 13.4. The Morgan fingerprint density at radius 1 is 0.917 bits per heavy atom. The fraction of sp³-hybridized carbons (Fsp3) is 0.276. The predicted molar refractivity (Wildman–Crippen MR) is 148 cm³/mol. The molecule has 184 valence electrons. The quantitative estimate of drug-likeness (QED) is 0.245. The molecule has 3 aromatic carbocycles. The number of hydrogen-bond acceptors (Lipinski definition) is 6. The van der Waals surface area contributed by atoms with Gasteiger partial charge < -0.3 is 16.0 Å². The third-order valence-electron chi connectivity index (χ3n) is 6.40. The Hall–Kier alpha value is -3.58. The van der Waals surface area contributed by atoms with Crippen molar-refractivity contribution in [1.29, 1.82) is 0 Å². The van der Waals surface area contributed by atoms with Gasteiger partial charge in [-0.05, 0) is 55.7 Å². The Labute approximate surface area is 216 Å². The highest BCUT2D eigenvalue weighted by atomic mass is 32.2. The van der Waals surface area contributed by atoms with E-state index in [9.17, 15) is 4.79 Å². The van der Waals surface area contributed by atoms with Gasteiger partial charge in [0.05, 0.1) is 11.1 Å². The topological polar surface area (TPSA) is 78.9 Å². The van der Waals surface area contributed by atoms with Gasteiger partial charge >= 0.3 is 0 Å². The molecule has 1 aliphatic rings. The van der Waals surface area contributed by atoms with Gasteiger partial charge in [0.2, 0.25) is 5.95 Å². The predicted octanol–water partition coefficient (Wildman–Crippen LogP) is 6.50. The highest BCUT2D eigenvalue weighted by Gasteiger charge is 2.18. The lowest BCUT2D eigenvalue weighted by molar-refractivity contribution is 0.0953. The Kier molecular flexibility index (Phi) is 7.67. The van der Waals surface area contributed by atoms with Crippen LogP contribution >= 0.6 is 11.8 Å². The minimum absolute atomic E-state index is 0.0527. The molecule has 0 radical (unpaired) electrons. The largest absolute Gasteiger partial charge is 0.367 e. The number of amides is 1. The van der Waals surface area contributed by atoms with E-state index in [1.54, 1.807) is 11.8 Å². The molecule has 0 spiro atoms. The van der Waals surface area contributed by atoms with Crippen LogP contribution < -0.4 is 16.0 Å². The third kappa shape index (κ3) is 5.62. The molecule has 1 amide bonds. The molecule has 4 aromatic rings. The maximum absolute atomic E-state index is 12.6. The van der Waals surface area contributed by atoms with Crippen molar-refractivity contribution >= 4 is 40.3 Å². The highest BCUT2D eigenvalue weighted by Crippen LogP contribution is 2.33. The van der Waals surface area contributed by atoms with Crippen molar-refractivity contribution in [3.63, 3.8) is 0 Å². The number of hydrogen-bond donors (Lipinski definition) is 3. The molecular weight excluding hydrogens is 466 g/mol. The molecule has 0 atom stereocenters. The van der Waals surface area contributed by atoms with E-state index in [0.29, 0.717) is 30.6 Å². The number of carbonyl (C=O) groups excluding carboxylic acids is 1. The Morgan fingerprint density at radius 3 is 2.47 bits per heavy atom. The van der Waals surface area contributed by atoms with Crippen molar-refractivity contribution in [2.45, 2.75) is 55.0 Å². The van der Waals surface area contributed by atoms with Crippen molar-refractivity contribution in [2.24, 2.45) is 0 Å². The van der Waals surface area contributed by atoms with E-state index in [1.165, 1.54) is 25.7 Å². The van der Waals surface area contributed by atoms with E-state index < -0.39 is 0 Å². The molecule has 1 saturated carbocycles. The van der Waals surface area contributed by atoms with Crippen molar-refractivity contribution < 1.29 is 4.79 Å². The van der Waals surface area contributed by atoms with Gasteiger partial charge in [-0.1, -0.05) is 67.1 Å². The minimum Gasteiger partial charge on any atom is -0.367 e. The van der Waals surface area contributed by atoms with Gasteiger partial charge in [0, 0.05) is 34.3 Å². The number of benzene rings is 3. The lowest BCUT2D eigenvalue weighted by atomic mass is 10.2. The SMILES string of the molecule is CCNC(=O)c1ccccc1Sc1ccccc1CNc1nc(NC2CCCC2)c2ccccc2n1. The first kappa shape index (κ1) is 24.1. The summed E-state index contributed by atoms with van der Waals surface area (Å²) in [6, 6.07) is 24.6. The van der Waals surface area contributed by atoms with Gasteiger partial charge in [-0.3, -0.25) is 4.79 Å². The number of rotatable bonds is 9. The van der Waals surface area contributed by atoms with E-state index in [2.05, 4.69) is 34.1 Å². The van der Waals surface area contributed by atoms with Gasteiger partial charge in [-0.25, -0.2) is 4.98 Å². The molecule has 36 heavy (non-hydrogen) atoms. The summed E-state index contributed by atoms with van der Waals surface area (Å²) >= 11 is 1.60. The molecular formula is C29H31N5OS. The lowest BCUT2D eigenvalue weighted by Gasteiger charge is -2.16. The maximum Gasteiger partial charge on any atom is 0.252 e. The number of fused-ring (bicyclic) bond motifs is 1. The van der Waals surface area contributed by atoms with Crippen LogP contribution in [0.5, 0.6) is 0 Å². The third-order valence-corrected chi connectivity index (χ3v) is 7.59. The van der Waals surface area contributed by atoms with E-state index >= 15 is 0 Å². The van der Waals surface area contributed by atoms with Gasteiger partial charge in [-0.2, -0.15) is 4.98 Å². The monoisotopic (exact) mass is 497 g/mol. The Morgan fingerprint density at radius 2 is 1.64 bits per heavy atom. The van der Waals surface area contributed by atoms with E-state index in [0.717, 1.165) is 32.1 Å². The fourth-order valence-electron chi connectivity index (χ4n) is 4.57. The van der Waals surface area contributed by atoms with Crippen LogP contribution in [0.3, 0.4) is 0 Å². The number of aromatic nitrogens is 2. The van der Waals surface area contributed by atoms with Crippen LogP contribution in [0, 0.1) is 0 Å². The molecule has 1 aromatic heterocycles. The number of nitrogens with one attached hydrogen (secondary N) is 3. The summed E-state index contributed by atoms with van der Waals surface area (Å²) in [5.74, 6) is 1.45. The van der Waals surface area contributed by atoms with Crippen LogP contribution in [0.2, 0.25) is 0 Å². The van der Waals surface area contributed by atoms with Crippen LogP contribution in [-0.4, -0.2) is 28.5 Å². The molecule has 1 fully saturated rings. The Bertz CT molecular complexity index is 1350. The summed E-state index contributed by atoms with van der Waals surface area (Å²) < 4.78 is 0. The van der Waals surface area contributed by atoms with Gasteiger partial charge in [-0.15, -0.1) is 0 Å². The second kappa shape index (κ2) is 11.4. The number of para-hydroxylation sites is 1. The average Bonchev–Trinajstić information content (AvgIpc) is 3.42. The molecule has 6 nitrogen and oxygen atoms in total. The zero-order valence-corrected chi connectivity index (χ0v) is 21.3. The molecule has 1 aliphatic carbocycles. The van der Waals surface area contributed by atoms with E-state index in [1.807, 2.05) is 61.5 Å². The zero-order valence-electron chi connectivity index (χ0n) is 20.5. The zero-order chi connectivity index (χ0) is 24.7. The second-order valence-electron chi connectivity index (χ2n) is 8.96. The van der Waals surface area contributed by atoms with E-state index in [4.69, 9.17) is 9.97 Å². The number of anilines is 2. The molecule has 5 rings (SSSR count). The van der Waals surface area contributed by atoms with Crippen LogP contribution in [0.1, 0.15) is 48.5 Å². The Balaban J connectivity index is 1.37. The van der Waals surface area contributed by atoms with Crippen molar-refractivity contribution in [3.8, 4) is 0 Å². The van der Waals surface area contributed by atoms with Gasteiger partial charge in [0.15, 0.2) is 0 Å². The summed E-state index contributed by atoms with van der Waals surface area (Å²) in [7, 11) is 0. The lowest BCUT2D eigenvalue weighted by Crippen LogP contribution is -2.23. The van der Waals surface area contributed by atoms with Crippen molar-refractivity contribution in [1.82, 2.24) is 15.3 Å². The first-order chi connectivity index (χ1) is 17.7. The van der Waals surface area contributed by atoms with Crippen LogP contribution in [0.25, 0.3) is 10.9 Å². The molecule has 7 heteroatoms. The summed E-state index contributed by atoms with van der Waals surface area (Å²) in [5.41, 5.74) is 2.73. The summed E-state index contributed by atoms with van der Waals surface area (Å²) in [6.07, 6.45) is 4.90. The standard InChI is InChI=1S/C29H31N5OS/c1-2-30-28(35)23-15-7-10-18-26(23)36-25-17-9-3-11-20(25)19-31-29-33-24-16-8-6-14-22(24)27(34-29)32-21-12-4-5-13-21/h3,6-11,14-18,21H,2,4-5,12-13,19H2,1H3,(H,30,35)(H2,31,32,33,34). The second-order valence-corrected chi connectivity index (χ2v) is 10.0. The van der Waals surface area contributed by atoms with Crippen molar-refractivity contribution in [2.75, 3.05) is 17.2 Å². The average molecular weight is 498 g/mol. The maximum atomic E-state index is 12.6. The van der Waals surface area contributed by atoms with Crippen LogP contribution in [0.15, 0.2) is 82.6 Å². The summed E-state index contributed by atoms with van der Waals surface area (Å²) in [6.45, 7) is 3.10. The van der Waals surface area contributed by atoms with E-state index in [-0.39, 0.29) is 5.91 Å². The highest BCUT2D eigenvalue weighted by molar-refractivity contribution is 7.99. The first-order valence-electron chi connectivity index (χ1n) is 12.6.